The zero-order valence-electron chi connectivity index (χ0n) is 9.87. The van der Waals surface area contributed by atoms with Crippen molar-refractivity contribution in [3.05, 3.63) is 28.4 Å². The van der Waals surface area contributed by atoms with Crippen molar-refractivity contribution in [2.45, 2.75) is 6.92 Å². The first kappa shape index (κ1) is 12.7. The highest BCUT2D eigenvalue weighted by atomic mass is 79.9. The maximum absolute atomic E-state index is 13.7. The van der Waals surface area contributed by atoms with Crippen LogP contribution in [-0.2, 0) is 0 Å². The Morgan fingerprint density at radius 3 is 2.56 bits per heavy atom. The Kier molecular flexibility index (Phi) is 3.16. The van der Waals surface area contributed by atoms with Crippen molar-refractivity contribution in [1.29, 1.82) is 0 Å². The van der Waals surface area contributed by atoms with E-state index in [0.29, 0.717) is 27.7 Å². The van der Waals surface area contributed by atoms with Gasteiger partial charge in [-0.15, -0.1) is 0 Å². The number of benzene rings is 1. The number of methoxy groups -OCH3 is 1. The number of nitrogens with two attached hydrogens (primary N) is 2. The Bertz CT molecular complexity index is 612. The van der Waals surface area contributed by atoms with E-state index in [1.54, 1.807) is 13.0 Å². The van der Waals surface area contributed by atoms with Gasteiger partial charge in [-0.2, -0.15) is 0 Å². The maximum Gasteiger partial charge on any atom is 0.183 e. The van der Waals surface area contributed by atoms with Crippen LogP contribution in [0.1, 0.15) is 5.69 Å². The van der Waals surface area contributed by atoms with Crippen LogP contribution in [0.2, 0.25) is 0 Å². The molecule has 96 valence electrons. The average Bonchev–Trinajstić information content (AvgIpc) is 2.57. The fourth-order valence-electron chi connectivity index (χ4n) is 1.62. The second kappa shape index (κ2) is 4.49. The number of halogens is 2. The molecule has 2 aromatic rings. The van der Waals surface area contributed by atoms with Crippen LogP contribution in [-0.4, -0.2) is 16.7 Å². The van der Waals surface area contributed by atoms with E-state index in [0.717, 1.165) is 0 Å². The van der Waals surface area contributed by atoms with Gasteiger partial charge in [0.05, 0.1) is 24.2 Å². The molecule has 0 radical (unpaired) electrons. The summed E-state index contributed by atoms with van der Waals surface area (Å²) in [6.07, 6.45) is 0. The molecule has 0 aliphatic carbocycles. The maximum atomic E-state index is 13.7. The van der Waals surface area contributed by atoms with Gasteiger partial charge in [-0.1, -0.05) is 0 Å². The lowest BCUT2D eigenvalue weighted by Crippen LogP contribution is -2.06. The Labute approximate surface area is 112 Å². The highest BCUT2D eigenvalue weighted by Crippen LogP contribution is 2.32. The minimum Gasteiger partial charge on any atom is -0.497 e. The van der Waals surface area contributed by atoms with Gasteiger partial charge in [0.15, 0.2) is 10.6 Å². The second-order valence-corrected chi connectivity index (χ2v) is 4.44. The standard InChI is InChI=1S/C11H12BrFN4O/c1-5-10(15)17(11(12)16-5)8-4-6(18-2)3-7(13)9(8)14/h3-4H,14-15H2,1-2H3. The van der Waals surface area contributed by atoms with Gasteiger partial charge in [-0.25, -0.2) is 9.37 Å². The highest BCUT2D eigenvalue weighted by molar-refractivity contribution is 9.10. The van der Waals surface area contributed by atoms with E-state index in [1.807, 2.05) is 0 Å². The molecule has 0 fully saturated rings. The van der Waals surface area contributed by atoms with Gasteiger partial charge in [0.25, 0.3) is 0 Å². The van der Waals surface area contributed by atoms with Crippen LogP contribution in [0.4, 0.5) is 15.9 Å². The molecule has 0 atom stereocenters. The molecule has 7 heteroatoms. The van der Waals surface area contributed by atoms with Crippen molar-refractivity contribution in [2.24, 2.45) is 0 Å². The lowest BCUT2D eigenvalue weighted by molar-refractivity contribution is 0.411. The first-order chi connectivity index (χ1) is 8.45. The third-order valence-corrected chi connectivity index (χ3v) is 3.15. The average molecular weight is 315 g/mol. The molecular weight excluding hydrogens is 303 g/mol. The Hall–Kier alpha value is -1.76. The summed E-state index contributed by atoms with van der Waals surface area (Å²) in [5, 5.41) is 0. The molecule has 0 saturated carbocycles. The fraction of sp³-hybridized carbons (Fsp3) is 0.182. The predicted octanol–water partition coefficient (Wildman–Crippen LogP) is 2.26. The van der Waals surface area contributed by atoms with Gasteiger partial charge in [0.2, 0.25) is 0 Å². The monoisotopic (exact) mass is 314 g/mol. The van der Waals surface area contributed by atoms with Crippen LogP contribution in [0.15, 0.2) is 16.9 Å². The van der Waals surface area contributed by atoms with Crippen LogP contribution in [0.3, 0.4) is 0 Å². The molecular formula is C11H12BrFN4O. The lowest BCUT2D eigenvalue weighted by Gasteiger charge is -2.12. The molecule has 1 aromatic heterocycles. The van der Waals surface area contributed by atoms with E-state index in [9.17, 15) is 4.39 Å². The number of anilines is 2. The third kappa shape index (κ3) is 1.90. The lowest BCUT2D eigenvalue weighted by atomic mass is 10.2. The number of hydrogen-bond acceptors (Lipinski definition) is 4. The van der Waals surface area contributed by atoms with E-state index in [-0.39, 0.29) is 5.69 Å². The molecule has 18 heavy (non-hydrogen) atoms. The quantitative estimate of drug-likeness (QED) is 0.833. The molecule has 0 bridgehead atoms. The SMILES string of the molecule is COc1cc(F)c(N)c(-n2c(Br)nc(C)c2N)c1. The van der Waals surface area contributed by atoms with Crippen LogP contribution in [0, 0.1) is 12.7 Å². The van der Waals surface area contributed by atoms with E-state index in [4.69, 9.17) is 16.2 Å². The second-order valence-electron chi connectivity index (χ2n) is 3.73. The molecule has 4 N–H and O–H groups in total. The smallest absolute Gasteiger partial charge is 0.183 e. The number of rotatable bonds is 2. The molecule has 0 aliphatic heterocycles. The number of hydrogen-bond donors (Lipinski definition) is 2. The summed E-state index contributed by atoms with van der Waals surface area (Å²) in [6, 6.07) is 2.81. The van der Waals surface area contributed by atoms with Crippen molar-refractivity contribution in [2.75, 3.05) is 18.6 Å². The highest BCUT2D eigenvalue weighted by Gasteiger charge is 2.17. The minimum atomic E-state index is -0.568. The van der Waals surface area contributed by atoms with Gasteiger partial charge in [-0.05, 0) is 22.9 Å². The topological polar surface area (TPSA) is 79.1 Å². The first-order valence-corrected chi connectivity index (χ1v) is 5.88. The molecule has 2 rings (SSSR count). The van der Waals surface area contributed by atoms with Gasteiger partial charge >= 0.3 is 0 Å². The van der Waals surface area contributed by atoms with Gasteiger partial charge in [0, 0.05) is 12.1 Å². The summed E-state index contributed by atoms with van der Waals surface area (Å²) in [7, 11) is 1.45. The molecule has 5 nitrogen and oxygen atoms in total. The molecule has 0 amide bonds. The zero-order chi connectivity index (χ0) is 13.4. The van der Waals surface area contributed by atoms with Gasteiger partial charge in [-0.3, -0.25) is 4.57 Å². The van der Waals surface area contributed by atoms with E-state index in [1.165, 1.54) is 17.7 Å². The Morgan fingerprint density at radius 2 is 2.06 bits per heavy atom. The summed E-state index contributed by atoms with van der Waals surface area (Å²) >= 11 is 3.26. The van der Waals surface area contributed by atoms with Crippen molar-refractivity contribution in [1.82, 2.24) is 9.55 Å². The number of nitrogens with zero attached hydrogens (tertiary/aromatic N) is 2. The van der Waals surface area contributed by atoms with Crippen LogP contribution < -0.4 is 16.2 Å². The zero-order valence-corrected chi connectivity index (χ0v) is 11.5. The summed E-state index contributed by atoms with van der Waals surface area (Å²) < 4.78 is 20.7. The van der Waals surface area contributed by atoms with Crippen LogP contribution >= 0.6 is 15.9 Å². The molecule has 0 aliphatic rings. The Morgan fingerprint density at radius 1 is 1.39 bits per heavy atom. The molecule has 0 unspecified atom stereocenters. The molecule has 1 aromatic carbocycles. The van der Waals surface area contributed by atoms with E-state index >= 15 is 0 Å². The van der Waals surface area contributed by atoms with Crippen molar-refractivity contribution >= 4 is 27.4 Å². The number of aryl methyl sites for hydroxylation is 1. The fourth-order valence-corrected chi connectivity index (χ4v) is 2.27. The predicted molar refractivity (Wildman–Crippen MR) is 71.3 cm³/mol. The number of nitrogen functional groups attached to an aromatic ring is 2. The Balaban J connectivity index is 2.74. The summed E-state index contributed by atoms with van der Waals surface area (Å²) in [5.41, 5.74) is 12.6. The van der Waals surface area contributed by atoms with Crippen LogP contribution in [0.25, 0.3) is 5.69 Å². The first-order valence-electron chi connectivity index (χ1n) is 5.09. The van der Waals surface area contributed by atoms with Crippen LogP contribution in [0.5, 0.6) is 5.75 Å². The van der Waals surface area contributed by atoms with E-state index < -0.39 is 5.82 Å². The summed E-state index contributed by atoms with van der Waals surface area (Å²) in [4.78, 5) is 4.15. The number of aromatic nitrogens is 2. The summed E-state index contributed by atoms with van der Waals surface area (Å²) in [5.74, 6) is 0.178. The molecule has 1 heterocycles. The van der Waals surface area contributed by atoms with Gasteiger partial charge in [0.1, 0.15) is 11.6 Å². The van der Waals surface area contributed by atoms with E-state index in [2.05, 4.69) is 20.9 Å². The van der Waals surface area contributed by atoms with Crippen molar-refractivity contribution in [3.63, 3.8) is 0 Å². The minimum absolute atomic E-state index is 0.0133. The van der Waals surface area contributed by atoms with Crippen molar-refractivity contribution in [3.8, 4) is 11.4 Å². The van der Waals surface area contributed by atoms with Gasteiger partial charge < -0.3 is 16.2 Å². The number of ether oxygens (including phenoxy) is 1. The largest absolute Gasteiger partial charge is 0.497 e. The normalized spacial score (nSPS) is 10.7. The number of imidazole rings is 1. The third-order valence-electron chi connectivity index (χ3n) is 2.61. The molecule has 0 saturated heterocycles. The van der Waals surface area contributed by atoms with Crippen molar-refractivity contribution < 1.29 is 9.13 Å². The molecule has 0 spiro atoms. The summed E-state index contributed by atoms with van der Waals surface area (Å²) in [6.45, 7) is 1.75.